The third-order valence-electron chi connectivity index (χ3n) is 1.87. The number of benzene rings is 1. The Morgan fingerprint density at radius 2 is 2.07 bits per heavy atom. The zero-order chi connectivity index (χ0) is 11.1. The van der Waals surface area contributed by atoms with E-state index in [1.165, 1.54) is 3.57 Å². The van der Waals surface area contributed by atoms with Crippen LogP contribution < -0.4 is 0 Å². The second-order valence-electron chi connectivity index (χ2n) is 3.11. The summed E-state index contributed by atoms with van der Waals surface area (Å²) < 4.78 is 6.26. The minimum absolute atomic E-state index is 0.173. The van der Waals surface area contributed by atoms with Crippen molar-refractivity contribution in [2.45, 2.75) is 19.4 Å². The SMILES string of the molecule is C=CCCC(=O)OCc1ccc(I)cc1. The molecule has 0 saturated carbocycles. The second kappa shape index (κ2) is 6.61. The molecule has 0 N–H and O–H groups in total. The van der Waals surface area contributed by atoms with E-state index < -0.39 is 0 Å². The lowest BCUT2D eigenvalue weighted by molar-refractivity contribution is -0.144. The molecule has 0 bridgehead atoms. The van der Waals surface area contributed by atoms with Crippen molar-refractivity contribution in [1.29, 1.82) is 0 Å². The van der Waals surface area contributed by atoms with Crippen molar-refractivity contribution in [3.8, 4) is 0 Å². The standard InChI is InChI=1S/C12H13IO2/c1-2-3-4-12(14)15-9-10-5-7-11(13)8-6-10/h2,5-8H,1,3-4,9H2. The van der Waals surface area contributed by atoms with Crippen LogP contribution in [0.5, 0.6) is 0 Å². The van der Waals surface area contributed by atoms with Gasteiger partial charge in [-0.2, -0.15) is 0 Å². The number of allylic oxidation sites excluding steroid dienone is 1. The molecule has 0 amide bonds. The van der Waals surface area contributed by atoms with Crippen molar-refractivity contribution in [1.82, 2.24) is 0 Å². The molecule has 2 nitrogen and oxygen atoms in total. The number of hydrogen-bond acceptors (Lipinski definition) is 2. The lowest BCUT2D eigenvalue weighted by Crippen LogP contribution is -2.03. The quantitative estimate of drug-likeness (QED) is 0.473. The Bertz CT molecular complexity index is 330. The van der Waals surface area contributed by atoms with Gasteiger partial charge in [-0.25, -0.2) is 0 Å². The van der Waals surface area contributed by atoms with Crippen LogP contribution in [0.1, 0.15) is 18.4 Å². The van der Waals surface area contributed by atoms with Crippen LogP contribution in [-0.4, -0.2) is 5.97 Å². The highest BCUT2D eigenvalue weighted by Gasteiger charge is 2.01. The van der Waals surface area contributed by atoms with Crippen molar-refractivity contribution in [2.75, 3.05) is 0 Å². The molecule has 0 fully saturated rings. The van der Waals surface area contributed by atoms with Crippen molar-refractivity contribution >= 4 is 28.6 Å². The van der Waals surface area contributed by atoms with Crippen LogP contribution in [0, 0.1) is 3.57 Å². The zero-order valence-electron chi connectivity index (χ0n) is 8.41. The first kappa shape index (κ1) is 12.2. The smallest absolute Gasteiger partial charge is 0.306 e. The molecule has 15 heavy (non-hydrogen) atoms. The van der Waals surface area contributed by atoms with E-state index in [0.717, 1.165) is 5.56 Å². The number of carbonyl (C=O) groups is 1. The summed E-state index contributed by atoms with van der Waals surface area (Å²) in [6, 6.07) is 7.91. The predicted octanol–water partition coefficient (Wildman–Crippen LogP) is 3.30. The van der Waals surface area contributed by atoms with Crippen LogP contribution in [-0.2, 0) is 16.1 Å². The van der Waals surface area contributed by atoms with Gasteiger partial charge in [0, 0.05) is 9.99 Å². The fraction of sp³-hybridized carbons (Fsp3) is 0.250. The fourth-order valence-corrected chi connectivity index (χ4v) is 1.40. The number of carbonyl (C=O) groups excluding carboxylic acids is 1. The molecular weight excluding hydrogens is 303 g/mol. The van der Waals surface area contributed by atoms with E-state index in [2.05, 4.69) is 29.2 Å². The Balaban J connectivity index is 2.33. The summed E-state index contributed by atoms with van der Waals surface area (Å²) in [6.45, 7) is 3.91. The Labute approximate surface area is 103 Å². The maximum atomic E-state index is 11.2. The topological polar surface area (TPSA) is 26.3 Å². The summed E-state index contributed by atoms with van der Waals surface area (Å²) in [4.78, 5) is 11.2. The minimum Gasteiger partial charge on any atom is -0.461 e. The highest BCUT2D eigenvalue weighted by atomic mass is 127. The number of halogens is 1. The molecule has 1 aromatic rings. The van der Waals surface area contributed by atoms with Crippen LogP contribution in [0.2, 0.25) is 0 Å². The number of hydrogen-bond donors (Lipinski definition) is 0. The maximum absolute atomic E-state index is 11.2. The van der Waals surface area contributed by atoms with E-state index in [1.54, 1.807) is 6.08 Å². The first-order valence-electron chi connectivity index (χ1n) is 4.73. The highest BCUT2D eigenvalue weighted by Crippen LogP contribution is 2.08. The summed E-state index contributed by atoms with van der Waals surface area (Å²) in [6.07, 6.45) is 2.80. The Hall–Kier alpha value is -0.840. The van der Waals surface area contributed by atoms with Crippen molar-refractivity contribution in [3.05, 3.63) is 46.1 Å². The van der Waals surface area contributed by atoms with Gasteiger partial charge in [0.25, 0.3) is 0 Å². The maximum Gasteiger partial charge on any atom is 0.306 e. The Morgan fingerprint density at radius 1 is 1.40 bits per heavy atom. The van der Waals surface area contributed by atoms with Gasteiger partial charge < -0.3 is 4.74 Å². The van der Waals surface area contributed by atoms with Crippen molar-refractivity contribution in [3.63, 3.8) is 0 Å². The molecule has 1 aromatic carbocycles. The average molecular weight is 316 g/mol. The first-order valence-corrected chi connectivity index (χ1v) is 5.81. The normalized spacial score (nSPS) is 9.67. The zero-order valence-corrected chi connectivity index (χ0v) is 10.6. The van der Waals surface area contributed by atoms with Crippen LogP contribution in [0.3, 0.4) is 0 Å². The molecule has 0 spiro atoms. The van der Waals surface area contributed by atoms with E-state index in [4.69, 9.17) is 4.74 Å². The van der Waals surface area contributed by atoms with Gasteiger partial charge in [0.15, 0.2) is 0 Å². The molecule has 0 radical (unpaired) electrons. The van der Waals surface area contributed by atoms with Gasteiger partial charge in [0.05, 0.1) is 0 Å². The molecule has 1 rings (SSSR count). The van der Waals surface area contributed by atoms with E-state index in [1.807, 2.05) is 24.3 Å². The summed E-state index contributed by atoms with van der Waals surface area (Å²) in [7, 11) is 0. The van der Waals surface area contributed by atoms with Gasteiger partial charge in [-0.15, -0.1) is 6.58 Å². The summed E-state index contributed by atoms with van der Waals surface area (Å²) >= 11 is 2.24. The predicted molar refractivity (Wildman–Crippen MR) is 68.4 cm³/mol. The van der Waals surface area contributed by atoms with Gasteiger partial charge in [0.1, 0.15) is 6.61 Å². The largest absolute Gasteiger partial charge is 0.461 e. The minimum atomic E-state index is -0.173. The number of rotatable bonds is 5. The summed E-state index contributed by atoms with van der Waals surface area (Å²) in [5.41, 5.74) is 1.02. The van der Waals surface area contributed by atoms with Gasteiger partial charge in [-0.05, 0) is 46.7 Å². The summed E-state index contributed by atoms with van der Waals surface area (Å²) in [5, 5.41) is 0. The molecule has 0 saturated heterocycles. The van der Waals surface area contributed by atoms with Crippen molar-refractivity contribution in [2.24, 2.45) is 0 Å². The fourth-order valence-electron chi connectivity index (χ4n) is 1.04. The van der Waals surface area contributed by atoms with E-state index in [-0.39, 0.29) is 5.97 Å². The third-order valence-corrected chi connectivity index (χ3v) is 2.58. The van der Waals surface area contributed by atoms with Gasteiger partial charge >= 0.3 is 5.97 Å². The molecule has 0 aliphatic rings. The van der Waals surface area contributed by atoms with Crippen LogP contribution in [0.25, 0.3) is 0 Å². The second-order valence-corrected chi connectivity index (χ2v) is 4.36. The molecule has 0 aliphatic heterocycles. The molecular formula is C12H13IO2. The molecule has 3 heteroatoms. The van der Waals surface area contributed by atoms with E-state index in [0.29, 0.717) is 19.4 Å². The van der Waals surface area contributed by atoms with Crippen LogP contribution in [0.15, 0.2) is 36.9 Å². The molecule has 0 aromatic heterocycles. The molecule has 0 atom stereocenters. The molecule has 0 heterocycles. The van der Waals surface area contributed by atoms with Gasteiger partial charge in [-0.1, -0.05) is 18.2 Å². The highest BCUT2D eigenvalue weighted by molar-refractivity contribution is 14.1. The monoisotopic (exact) mass is 316 g/mol. The summed E-state index contributed by atoms with van der Waals surface area (Å²) in [5.74, 6) is -0.173. The third kappa shape index (κ3) is 4.97. The average Bonchev–Trinajstić information content (AvgIpc) is 2.25. The molecule has 0 aliphatic carbocycles. The van der Waals surface area contributed by atoms with E-state index >= 15 is 0 Å². The number of ether oxygens (including phenoxy) is 1. The van der Waals surface area contributed by atoms with Crippen LogP contribution >= 0.6 is 22.6 Å². The number of esters is 1. The molecule has 0 unspecified atom stereocenters. The van der Waals surface area contributed by atoms with Crippen molar-refractivity contribution < 1.29 is 9.53 Å². The lowest BCUT2D eigenvalue weighted by atomic mass is 10.2. The Morgan fingerprint density at radius 3 is 2.67 bits per heavy atom. The molecule has 80 valence electrons. The van der Waals surface area contributed by atoms with E-state index in [9.17, 15) is 4.79 Å². The van der Waals surface area contributed by atoms with Crippen LogP contribution in [0.4, 0.5) is 0 Å². The van der Waals surface area contributed by atoms with Gasteiger partial charge in [-0.3, -0.25) is 4.79 Å². The van der Waals surface area contributed by atoms with Gasteiger partial charge in [0.2, 0.25) is 0 Å². The lowest BCUT2D eigenvalue weighted by Gasteiger charge is -2.03. The first-order chi connectivity index (χ1) is 7.22. The Kier molecular flexibility index (Phi) is 5.39.